The van der Waals surface area contributed by atoms with Crippen molar-refractivity contribution in [3.63, 3.8) is 0 Å². The van der Waals surface area contributed by atoms with Crippen molar-refractivity contribution in [2.75, 3.05) is 60.6 Å². The van der Waals surface area contributed by atoms with Gasteiger partial charge in [0.25, 0.3) is 0 Å². The van der Waals surface area contributed by atoms with Crippen LogP contribution in [-0.4, -0.2) is 71.1 Å². The van der Waals surface area contributed by atoms with E-state index in [-0.39, 0.29) is 15.0 Å². The molecule has 8 heteroatoms. The summed E-state index contributed by atoms with van der Waals surface area (Å²) in [5.41, 5.74) is 2.64. The van der Waals surface area contributed by atoms with Gasteiger partial charge in [0.1, 0.15) is 0 Å². The van der Waals surface area contributed by atoms with Gasteiger partial charge in [-0.15, -0.1) is 23.5 Å². The molecule has 1 saturated heterocycles. The van der Waals surface area contributed by atoms with Crippen LogP contribution in [0.3, 0.4) is 0 Å². The first-order chi connectivity index (χ1) is 18.7. The fourth-order valence-electron chi connectivity index (χ4n) is 5.93. The first-order valence-corrected chi connectivity index (χ1v) is 15.7. The van der Waals surface area contributed by atoms with Gasteiger partial charge in [-0.05, 0) is 93.5 Å². The molecule has 0 spiro atoms. The van der Waals surface area contributed by atoms with Gasteiger partial charge in [-0.1, -0.05) is 12.5 Å². The summed E-state index contributed by atoms with van der Waals surface area (Å²) in [5.74, 6) is 5.93. The summed E-state index contributed by atoms with van der Waals surface area (Å²) in [6.07, 6.45) is 5.84. The molecule has 0 N–H and O–H groups in total. The van der Waals surface area contributed by atoms with Gasteiger partial charge in [-0.3, -0.25) is 0 Å². The second-order valence-electron chi connectivity index (χ2n) is 11.3. The van der Waals surface area contributed by atoms with Gasteiger partial charge < -0.3 is 28.6 Å². The predicted octanol–water partition coefficient (Wildman–Crippen LogP) is 6.97. The van der Waals surface area contributed by atoms with Crippen LogP contribution in [-0.2, 0) is 9.49 Å². The van der Waals surface area contributed by atoms with Crippen LogP contribution in [0.4, 0.5) is 0 Å². The van der Waals surface area contributed by atoms with Crippen LogP contribution in [0.25, 0.3) is 0 Å². The van der Waals surface area contributed by atoms with Crippen LogP contribution in [0, 0.1) is 0 Å². The molecule has 216 valence electrons. The van der Waals surface area contributed by atoms with E-state index in [0.29, 0.717) is 17.2 Å². The molecule has 2 aromatic carbocycles. The second-order valence-corrected chi connectivity index (χ2v) is 14.3. The molecule has 0 atom stereocenters. The summed E-state index contributed by atoms with van der Waals surface area (Å²) >= 11 is 4.11. The Morgan fingerprint density at radius 2 is 1.31 bits per heavy atom. The molecule has 6 nitrogen and oxygen atoms in total. The number of rotatable bonds is 12. The van der Waals surface area contributed by atoms with Crippen molar-refractivity contribution < 1.29 is 23.7 Å². The van der Waals surface area contributed by atoms with E-state index in [1.54, 1.807) is 35.5 Å². The zero-order chi connectivity index (χ0) is 28.3. The third-order valence-corrected chi connectivity index (χ3v) is 12.0. The van der Waals surface area contributed by atoms with Crippen molar-refractivity contribution in [1.82, 2.24) is 4.90 Å². The summed E-state index contributed by atoms with van der Waals surface area (Å²) in [6.45, 7) is 5.78. The highest BCUT2D eigenvalue weighted by atomic mass is 32.2. The third-order valence-electron chi connectivity index (χ3n) is 8.61. The number of ether oxygens (including phenoxy) is 5. The summed E-state index contributed by atoms with van der Waals surface area (Å²) < 4.78 is 28.2. The molecular formula is C31H45NO5S2. The molecule has 0 amide bonds. The molecule has 1 saturated carbocycles. The smallest absolute Gasteiger partial charge is 0.203 e. The van der Waals surface area contributed by atoms with E-state index in [9.17, 15) is 0 Å². The van der Waals surface area contributed by atoms with Crippen LogP contribution >= 0.6 is 23.5 Å². The number of hydrogen-bond acceptors (Lipinski definition) is 8. The monoisotopic (exact) mass is 575 g/mol. The van der Waals surface area contributed by atoms with E-state index in [2.05, 4.69) is 73.6 Å². The topological polar surface area (TPSA) is 49.4 Å². The summed E-state index contributed by atoms with van der Waals surface area (Å²) in [4.78, 5) is 2.58. The molecule has 2 aliphatic rings. The average molecular weight is 576 g/mol. The number of likely N-dealkylation sites (N-methyl/N-ethyl adjacent to an activating group) is 1. The molecule has 1 heterocycles. The van der Waals surface area contributed by atoms with Gasteiger partial charge >= 0.3 is 0 Å². The molecule has 0 unspecified atom stereocenters. The zero-order valence-electron chi connectivity index (χ0n) is 24.8. The van der Waals surface area contributed by atoms with Crippen molar-refractivity contribution in [1.29, 1.82) is 0 Å². The van der Waals surface area contributed by atoms with Crippen molar-refractivity contribution in [3.05, 3.63) is 41.5 Å². The van der Waals surface area contributed by atoms with E-state index in [0.717, 1.165) is 36.0 Å². The molecule has 39 heavy (non-hydrogen) atoms. The fourth-order valence-corrected chi connectivity index (χ4v) is 9.66. The lowest BCUT2D eigenvalue weighted by atomic mass is 9.63. The van der Waals surface area contributed by atoms with Gasteiger partial charge in [-0.2, -0.15) is 0 Å². The number of thioether (sulfide) groups is 2. The maximum atomic E-state index is 5.75. The van der Waals surface area contributed by atoms with Crippen LogP contribution in [0.5, 0.6) is 28.7 Å². The molecule has 4 rings (SSSR count). The quantitative estimate of drug-likeness (QED) is 0.269. The number of nitrogens with zero attached hydrogens (tertiary/aromatic N) is 1. The van der Waals surface area contributed by atoms with Gasteiger partial charge in [0, 0.05) is 17.5 Å². The SMILES string of the molecule is COc1ccc(C2(CN(C)C(C)(C)CC3(c4cc(OC)c(OC)c(OC)c4)SCCCS3)CCC2)cc1OC. The minimum atomic E-state index is -0.112. The Labute approximate surface area is 243 Å². The normalized spacial score (nSPS) is 18.3. The molecule has 2 fully saturated rings. The van der Waals surface area contributed by atoms with Crippen molar-refractivity contribution >= 4 is 23.5 Å². The van der Waals surface area contributed by atoms with Crippen LogP contribution in [0.1, 0.15) is 57.1 Å². The van der Waals surface area contributed by atoms with E-state index in [1.165, 1.54) is 36.8 Å². The average Bonchev–Trinajstić information content (AvgIpc) is 2.93. The Hall–Kier alpha value is -1.90. The Bertz CT molecular complexity index is 1100. The highest BCUT2D eigenvalue weighted by molar-refractivity contribution is 8.18. The summed E-state index contributed by atoms with van der Waals surface area (Å²) in [5, 5.41) is 0. The first kappa shape index (κ1) is 30.1. The number of hydrogen-bond donors (Lipinski definition) is 0. The van der Waals surface area contributed by atoms with Gasteiger partial charge in [0.2, 0.25) is 5.75 Å². The predicted molar refractivity (Wildman–Crippen MR) is 164 cm³/mol. The Kier molecular flexibility index (Phi) is 9.49. The lowest BCUT2D eigenvalue weighted by molar-refractivity contribution is 0.0751. The lowest BCUT2D eigenvalue weighted by Gasteiger charge is -2.51. The summed E-state index contributed by atoms with van der Waals surface area (Å²) in [6, 6.07) is 10.8. The Balaban J connectivity index is 1.64. The highest BCUT2D eigenvalue weighted by Gasteiger charge is 2.46. The maximum absolute atomic E-state index is 5.75. The largest absolute Gasteiger partial charge is 0.493 e. The second kappa shape index (κ2) is 12.3. The zero-order valence-corrected chi connectivity index (χ0v) is 26.5. The third kappa shape index (κ3) is 5.94. The van der Waals surface area contributed by atoms with E-state index < -0.39 is 0 Å². The van der Waals surface area contributed by atoms with Crippen LogP contribution in [0.2, 0.25) is 0 Å². The highest BCUT2D eigenvalue weighted by Crippen LogP contribution is 2.58. The van der Waals surface area contributed by atoms with Crippen LogP contribution < -0.4 is 23.7 Å². The van der Waals surface area contributed by atoms with Gasteiger partial charge in [0.15, 0.2) is 23.0 Å². The van der Waals surface area contributed by atoms with E-state index >= 15 is 0 Å². The van der Waals surface area contributed by atoms with Gasteiger partial charge in [0.05, 0.1) is 39.6 Å². The van der Waals surface area contributed by atoms with Gasteiger partial charge in [-0.25, -0.2) is 0 Å². The van der Waals surface area contributed by atoms with Crippen LogP contribution in [0.15, 0.2) is 30.3 Å². The minimum absolute atomic E-state index is 0.0586. The number of benzene rings is 2. The van der Waals surface area contributed by atoms with Crippen molar-refractivity contribution in [2.45, 2.75) is 61.0 Å². The summed E-state index contributed by atoms with van der Waals surface area (Å²) in [7, 11) is 10.7. The fraction of sp³-hybridized carbons (Fsp3) is 0.613. The molecule has 1 aliphatic heterocycles. The number of methoxy groups -OCH3 is 5. The Morgan fingerprint density at radius 3 is 1.79 bits per heavy atom. The van der Waals surface area contributed by atoms with E-state index in [4.69, 9.17) is 23.7 Å². The van der Waals surface area contributed by atoms with Crippen molar-refractivity contribution in [2.24, 2.45) is 0 Å². The lowest BCUT2D eigenvalue weighted by Crippen LogP contribution is -2.53. The van der Waals surface area contributed by atoms with Crippen molar-refractivity contribution in [3.8, 4) is 28.7 Å². The first-order valence-electron chi connectivity index (χ1n) is 13.7. The van der Waals surface area contributed by atoms with E-state index in [1.807, 2.05) is 6.07 Å². The molecular weight excluding hydrogens is 530 g/mol. The minimum Gasteiger partial charge on any atom is -0.493 e. The molecule has 1 aliphatic carbocycles. The molecule has 0 bridgehead atoms. The maximum Gasteiger partial charge on any atom is 0.203 e. The molecule has 2 aromatic rings. The standard InChI is InChI=1S/C31H45NO5S2/c1-29(2,32(3)21-30(13-9-14-30)22-11-12-24(33-4)25(17-22)34-5)20-31(38-15-10-16-39-31)23-18-26(35-6)28(37-8)27(19-23)36-7/h11-12,17-19H,9-10,13-16,20-21H2,1-8H3. The molecule has 0 aromatic heterocycles. The molecule has 0 radical (unpaired) electrons. The Morgan fingerprint density at radius 1 is 0.744 bits per heavy atom.